The van der Waals surface area contributed by atoms with Crippen LogP contribution in [-0.4, -0.2) is 24.6 Å². The van der Waals surface area contributed by atoms with Crippen molar-refractivity contribution in [3.63, 3.8) is 0 Å². The molecule has 1 fully saturated rings. The molecule has 0 bridgehead atoms. The van der Waals surface area contributed by atoms with Crippen LogP contribution in [0.15, 0.2) is 41.8 Å². The summed E-state index contributed by atoms with van der Waals surface area (Å²) in [6.45, 7) is 1.14. The maximum atomic E-state index is 12.0. The summed E-state index contributed by atoms with van der Waals surface area (Å²) in [5.41, 5.74) is 1.34. The average Bonchev–Trinajstić information content (AvgIpc) is 3.28. The number of carbonyl (C=O) groups excluding carboxylic acids is 2. The number of nitrogens with one attached hydrogen (secondary N) is 3. The molecular formula is C17H19N3O3S. The lowest BCUT2D eigenvalue weighted by Crippen LogP contribution is -2.28. The van der Waals surface area contributed by atoms with Gasteiger partial charge in [0.25, 0.3) is 5.91 Å². The Bertz CT molecular complexity index is 680. The summed E-state index contributed by atoms with van der Waals surface area (Å²) in [4.78, 5) is 24.9. The van der Waals surface area contributed by atoms with Crippen LogP contribution in [0.2, 0.25) is 0 Å². The van der Waals surface area contributed by atoms with Gasteiger partial charge in [-0.05, 0) is 48.6 Å². The van der Waals surface area contributed by atoms with Crippen molar-refractivity contribution in [2.75, 3.05) is 17.2 Å². The zero-order valence-corrected chi connectivity index (χ0v) is 13.9. The molecule has 0 aliphatic carbocycles. The van der Waals surface area contributed by atoms with Crippen LogP contribution in [0.5, 0.6) is 0 Å². The Morgan fingerprint density at radius 1 is 1.12 bits per heavy atom. The molecule has 0 spiro atoms. The molecule has 2 aromatic rings. The summed E-state index contributed by atoms with van der Waals surface area (Å²) in [7, 11) is 0. The number of rotatable bonds is 5. The highest BCUT2D eigenvalue weighted by Gasteiger charge is 2.23. The van der Waals surface area contributed by atoms with Crippen LogP contribution < -0.4 is 16.0 Å². The topological polar surface area (TPSA) is 79.5 Å². The van der Waals surface area contributed by atoms with Crippen LogP contribution in [0.1, 0.15) is 17.7 Å². The van der Waals surface area contributed by atoms with Crippen molar-refractivity contribution in [1.82, 2.24) is 5.32 Å². The molecular weight excluding hydrogens is 326 g/mol. The minimum absolute atomic E-state index is 0.123. The van der Waals surface area contributed by atoms with Crippen LogP contribution >= 0.6 is 11.3 Å². The monoisotopic (exact) mass is 345 g/mol. The van der Waals surface area contributed by atoms with Gasteiger partial charge in [-0.15, -0.1) is 11.3 Å². The lowest BCUT2D eigenvalue weighted by molar-refractivity contribution is -0.124. The molecule has 3 amide bonds. The molecule has 0 radical (unpaired) electrons. The molecule has 3 rings (SSSR count). The van der Waals surface area contributed by atoms with E-state index in [1.165, 1.54) is 0 Å². The van der Waals surface area contributed by atoms with Crippen molar-refractivity contribution >= 4 is 34.6 Å². The molecule has 6 nitrogen and oxygen atoms in total. The Kier molecular flexibility index (Phi) is 5.45. The highest BCUT2D eigenvalue weighted by Crippen LogP contribution is 2.17. The lowest BCUT2D eigenvalue weighted by atomic mass is 10.2. The average molecular weight is 345 g/mol. The van der Waals surface area contributed by atoms with Crippen molar-refractivity contribution in [2.45, 2.75) is 25.5 Å². The van der Waals surface area contributed by atoms with Gasteiger partial charge in [-0.2, -0.15) is 0 Å². The van der Waals surface area contributed by atoms with Crippen molar-refractivity contribution in [3.05, 3.63) is 46.7 Å². The van der Waals surface area contributed by atoms with Gasteiger partial charge in [0.1, 0.15) is 6.10 Å². The van der Waals surface area contributed by atoms with Gasteiger partial charge in [-0.25, -0.2) is 4.79 Å². The first-order valence-corrected chi connectivity index (χ1v) is 8.68. The quantitative estimate of drug-likeness (QED) is 0.779. The molecule has 126 valence electrons. The lowest BCUT2D eigenvalue weighted by Gasteiger charge is -2.11. The van der Waals surface area contributed by atoms with Gasteiger partial charge >= 0.3 is 6.03 Å². The Labute approximate surface area is 144 Å². The Hall–Kier alpha value is -2.38. The number of anilines is 2. The van der Waals surface area contributed by atoms with Gasteiger partial charge < -0.3 is 20.7 Å². The third kappa shape index (κ3) is 4.56. The van der Waals surface area contributed by atoms with Crippen molar-refractivity contribution in [2.24, 2.45) is 0 Å². The molecule has 0 unspecified atom stereocenters. The van der Waals surface area contributed by atoms with Crippen molar-refractivity contribution in [1.29, 1.82) is 0 Å². The van der Waals surface area contributed by atoms with E-state index in [0.29, 0.717) is 24.5 Å². The summed E-state index contributed by atoms with van der Waals surface area (Å²) >= 11 is 1.60. The first kappa shape index (κ1) is 16.5. The van der Waals surface area contributed by atoms with Gasteiger partial charge in [0, 0.05) is 22.9 Å². The SMILES string of the molecule is O=C(NCc1cccs1)Nc1ccc(NC(=O)[C@@H]2CCCO2)cc1. The highest BCUT2D eigenvalue weighted by atomic mass is 32.1. The van der Waals surface area contributed by atoms with Gasteiger partial charge in [0.05, 0.1) is 6.54 Å². The number of carbonyl (C=O) groups is 2. The smallest absolute Gasteiger partial charge is 0.319 e. The normalized spacial score (nSPS) is 16.6. The van der Waals surface area contributed by atoms with E-state index in [4.69, 9.17) is 4.74 Å². The van der Waals surface area contributed by atoms with E-state index in [2.05, 4.69) is 16.0 Å². The number of benzene rings is 1. The Balaban J connectivity index is 1.46. The predicted octanol–water partition coefficient (Wildman–Crippen LogP) is 3.19. The fourth-order valence-electron chi connectivity index (χ4n) is 2.40. The van der Waals surface area contributed by atoms with Gasteiger partial charge in [-0.3, -0.25) is 4.79 Å². The summed E-state index contributed by atoms with van der Waals surface area (Å²) < 4.78 is 5.34. The zero-order chi connectivity index (χ0) is 16.8. The molecule has 1 aliphatic rings. The van der Waals surface area contributed by atoms with Crippen LogP contribution in [0.4, 0.5) is 16.2 Å². The predicted molar refractivity (Wildman–Crippen MR) is 94.2 cm³/mol. The van der Waals surface area contributed by atoms with E-state index in [-0.39, 0.29) is 18.0 Å². The van der Waals surface area contributed by atoms with E-state index in [1.54, 1.807) is 35.6 Å². The minimum atomic E-state index is -0.356. The number of thiophene rings is 1. The zero-order valence-electron chi connectivity index (χ0n) is 13.1. The van der Waals surface area contributed by atoms with Crippen molar-refractivity contribution in [3.8, 4) is 0 Å². The molecule has 1 aromatic heterocycles. The molecule has 0 saturated carbocycles. The summed E-state index contributed by atoms with van der Waals surface area (Å²) in [6, 6.07) is 10.6. The first-order chi connectivity index (χ1) is 11.7. The van der Waals surface area contributed by atoms with E-state index < -0.39 is 0 Å². The first-order valence-electron chi connectivity index (χ1n) is 7.80. The summed E-state index contributed by atoms with van der Waals surface area (Å²) in [5, 5.41) is 10.3. The van der Waals surface area contributed by atoms with E-state index in [1.807, 2.05) is 17.5 Å². The van der Waals surface area contributed by atoms with Crippen molar-refractivity contribution < 1.29 is 14.3 Å². The molecule has 1 atom stereocenters. The fourth-order valence-corrected chi connectivity index (χ4v) is 3.04. The molecule has 1 aromatic carbocycles. The maximum absolute atomic E-state index is 12.0. The Morgan fingerprint density at radius 3 is 2.50 bits per heavy atom. The summed E-state index contributed by atoms with van der Waals surface area (Å²) in [5.74, 6) is -0.123. The maximum Gasteiger partial charge on any atom is 0.319 e. The molecule has 1 saturated heterocycles. The van der Waals surface area contributed by atoms with Crippen LogP contribution in [0.25, 0.3) is 0 Å². The number of hydrogen-bond donors (Lipinski definition) is 3. The largest absolute Gasteiger partial charge is 0.368 e. The molecule has 7 heteroatoms. The second-order valence-electron chi connectivity index (χ2n) is 5.46. The number of amides is 3. The second kappa shape index (κ2) is 7.94. The van der Waals surface area contributed by atoms with Gasteiger partial charge in [0.15, 0.2) is 0 Å². The molecule has 24 heavy (non-hydrogen) atoms. The van der Waals surface area contributed by atoms with E-state index >= 15 is 0 Å². The second-order valence-corrected chi connectivity index (χ2v) is 6.49. The van der Waals surface area contributed by atoms with Crippen LogP contribution in [0.3, 0.4) is 0 Å². The van der Waals surface area contributed by atoms with Gasteiger partial charge in [-0.1, -0.05) is 6.07 Å². The number of ether oxygens (including phenoxy) is 1. The standard InChI is InChI=1S/C17H19N3O3S/c21-16(15-4-1-9-23-15)19-12-5-7-13(8-6-12)20-17(22)18-11-14-3-2-10-24-14/h2-3,5-8,10,15H,1,4,9,11H2,(H,19,21)(H2,18,20,22)/t15-/m0/s1. The third-order valence-corrected chi connectivity index (χ3v) is 4.51. The third-order valence-electron chi connectivity index (χ3n) is 3.64. The molecule has 3 N–H and O–H groups in total. The van der Waals surface area contributed by atoms with E-state index in [9.17, 15) is 9.59 Å². The summed E-state index contributed by atoms with van der Waals surface area (Å²) in [6.07, 6.45) is 1.32. The number of hydrogen-bond acceptors (Lipinski definition) is 4. The van der Waals surface area contributed by atoms with Crippen LogP contribution in [0, 0.1) is 0 Å². The number of urea groups is 1. The highest BCUT2D eigenvalue weighted by molar-refractivity contribution is 7.09. The fraction of sp³-hybridized carbons (Fsp3) is 0.294. The minimum Gasteiger partial charge on any atom is -0.368 e. The molecule has 2 heterocycles. The molecule has 1 aliphatic heterocycles. The van der Waals surface area contributed by atoms with E-state index in [0.717, 1.165) is 17.7 Å². The van der Waals surface area contributed by atoms with Crippen LogP contribution in [-0.2, 0) is 16.1 Å². The van der Waals surface area contributed by atoms with Gasteiger partial charge in [0.2, 0.25) is 0 Å². The Morgan fingerprint density at radius 2 is 1.88 bits per heavy atom.